The number of halogens is 1. The van der Waals surface area contributed by atoms with E-state index in [-0.39, 0.29) is 13.2 Å². The molecule has 4 atom stereocenters. The van der Waals surface area contributed by atoms with Crippen LogP contribution in [-0.4, -0.2) is 52.2 Å². The van der Waals surface area contributed by atoms with Crippen molar-refractivity contribution >= 4 is 55.4 Å². The maximum Gasteiger partial charge on any atom is 0.253 e. The number of rotatable bonds is 3. The average molecular weight is 591 g/mol. The third-order valence-electron chi connectivity index (χ3n) is 10.1. The first-order chi connectivity index (χ1) is 21.3. The maximum atomic E-state index is 13.9. The van der Waals surface area contributed by atoms with Crippen LogP contribution in [0.5, 0.6) is 0 Å². The molecule has 2 aromatic heterocycles. The quantitative estimate of drug-likeness (QED) is 0.263. The third-order valence-corrected chi connectivity index (χ3v) is 10.1. The molecule has 0 saturated carbocycles. The molecule has 9 rings (SSSR count). The van der Waals surface area contributed by atoms with E-state index in [9.17, 15) is 14.0 Å². The molecule has 1 saturated heterocycles. The van der Waals surface area contributed by atoms with Gasteiger partial charge in [-0.1, -0.05) is 36.4 Å². The van der Waals surface area contributed by atoms with Crippen LogP contribution in [0.25, 0.3) is 43.6 Å². The van der Waals surface area contributed by atoms with Crippen molar-refractivity contribution in [3.8, 4) is 0 Å². The van der Waals surface area contributed by atoms with Gasteiger partial charge in [-0.3, -0.25) is 9.59 Å². The zero-order chi connectivity index (χ0) is 30.1. The molecule has 3 aliphatic heterocycles. The van der Waals surface area contributed by atoms with Crippen LogP contribution in [0.1, 0.15) is 47.3 Å². The van der Waals surface area contributed by atoms with Crippen LogP contribution in [0.3, 0.4) is 0 Å². The van der Waals surface area contributed by atoms with E-state index >= 15 is 0 Å². The molecule has 9 heteroatoms. The molecule has 5 heterocycles. The predicted octanol–water partition coefficient (Wildman–Crippen LogP) is 6.29. The Balaban J connectivity index is 0.00000300. The van der Waals surface area contributed by atoms with Gasteiger partial charge in [0.15, 0.2) is 5.72 Å². The minimum absolute atomic E-state index is 0. The number of likely N-dealkylation sites (N-methyl/N-ethyl adjacent to an activating group) is 1. The number of hydrogen-bond donors (Lipinski definition) is 1. The van der Waals surface area contributed by atoms with Crippen LogP contribution < -0.4 is 5.32 Å². The Morgan fingerprint density at radius 3 is 2.43 bits per heavy atom. The van der Waals surface area contributed by atoms with Crippen LogP contribution in [-0.2, 0) is 21.7 Å². The second-order valence-electron chi connectivity index (χ2n) is 12.2. The highest BCUT2D eigenvalue weighted by Crippen LogP contribution is 2.54. The number of fused-ring (bicyclic) bond motifs is 13. The van der Waals surface area contributed by atoms with Gasteiger partial charge < -0.3 is 28.8 Å². The number of benzene rings is 4. The Morgan fingerprint density at radius 1 is 1.02 bits per heavy atom. The molecular formula is C35H31FN4O4. The number of para-hydroxylation sites is 2. The molecule has 0 aliphatic carbocycles. The summed E-state index contributed by atoms with van der Waals surface area (Å²) in [7, 11) is 3.44. The van der Waals surface area contributed by atoms with E-state index in [2.05, 4.69) is 38.7 Å². The van der Waals surface area contributed by atoms with E-state index in [0.29, 0.717) is 18.5 Å². The molecule has 4 aromatic carbocycles. The van der Waals surface area contributed by atoms with Crippen molar-refractivity contribution in [3.05, 3.63) is 95.3 Å². The smallest absolute Gasteiger partial charge is 0.253 e. The Kier molecular flexibility index (Phi) is 5.08. The fourth-order valence-electron chi connectivity index (χ4n) is 8.34. The molecule has 0 spiro atoms. The van der Waals surface area contributed by atoms with Crippen LogP contribution in [0, 0.1) is 5.82 Å². The summed E-state index contributed by atoms with van der Waals surface area (Å²) in [5.74, 6) is -0.690. The lowest BCUT2D eigenvalue weighted by atomic mass is 9.91. The summed E-state index contributed by atoms with van der Waals surface area (Å²) >= 11 is 0. The fourth-order valence-corrected chi connectivity index (χ4v) is 8.34. The fraction of sp³-hybridized carbons (Fsp3) is 0.257. The van der Waals surface area contributed by atoms with Crippen LogP contribution in [0.2, 0.25) is 0 Å². The lowest BCUT2D eigenvalue weighted by molar-refractivity contribution is -0.264. The summed E-state index contributed by atoms with van der Waals surface area (Å²) in [5.41, 5.74) is 4.93. The van der Waals surface area contributed by atoms with Gasteiger partial charge in [0, 0.05) is 55.7 Å². The van der Waals surface area contributed by atoms with Gasteiger partial charge in [0.05, 0.1) is 33.7 Å². The van der Waals surface area contributed by atoms with Gasteiger partial charge in [0.2, 0.25) is 0 Å². The highest BCUT2D eigenvalue weighted by molar-refractivity contribution is 6.31. The van der Waals surface area contributed by atoms with Crippen LogP contribution in [0.15, 0.2) is 72.8 Å². The summed E-state index contributed by atoms with van der Waals surface area (Å²) in [4.78, 5) is 29.1. The van der Waals surface area contributed by atoms with Gasteiger partial charge in [-0.15, -0.1) is 0 Å². The maximum absolute atomic E-state index is 13.9. The number of hydrogen-bond acceptors (Lipinski definition) is 4. The molecule has 0 radical (unpaired) electrons. The standard InChI is InChI=1S/C35H29FN4O4.H2/c1-35-32(43-3)25(38(2)34(42)18-12-14-19(36)15-13-18)16-26(44-35)39-23-10-6-4-8-20(23)28-29-22(17-37-33(29)41)27-21-9-5-7-11-24(21)40(35)31(27)30(28)39;/h4-15,25-26,32H,16-17H2,1-3H3,(H,37,41);1H/t25-,26-,32-,35+;/m1./s1. The normalized spacial score (nSPS) is 23.9. The molecule has 2 bridgehead atoms. The lowest BCUT2D eigenvalue weighted by Crippen LogP contribution is -2.61. The van der Waals surface area contributed by atoms with Crippen molar-refractivity contribution in [3.63, 3.8) is 0 Å². The summed E-state index contributed by atoms with van der Waals surface area (Å²) in [6.07, 6.45) is -0.600. The molecule has 8 nitrogen and oxygen atoms in total. The molecule has 6 aromatic rings. The first-order valence-corrected chi connectivity index (χ1v) is 14.9. The Labute approximate surface area is 253 Å². The summed E-state index contributed by atoms with van der Waals surface area (Å²) in [6, 6.07) is 21.6. The van der Waals surface area contributed by atoms with E-state index in [0.717, 1.165) is 54.7 Å². The number of amides is 2. The van der Waals surface area contributed by atoms with E-state index in [1.165, 1.54) is 24.3 Å². The number of methoxy groups -OCH3 is 1. The van der Waals surface area contributed by atoms with E-state index in [4.69, 9.17) is 9.47 Å². The van der Waals surface area contributed by atoms with Crippen molar-refractivity contribution in [2.45, 2.75) is 44.0 Å². The molecule has 2 amide bonds. The first kappa shape index (κ1) is 25.7. The minimum atomic E-state index is -1.04. The van der Waals surface area contributed by atoms with E-state index in [1.54, 1.807) is 19.1 Å². The second kappa shape index (κ2) is 8.68. The van der Waals surface area contributed by atoms with Crippen molar-refractivity contribution in [2.24, 2.45) is 0 Å². The van der Waals surface area contributed by atoms with Crippen molar-refractivity contribution < 1.29 is 24.9 Å². The van der Waals surface area contributed by atoms with E-state index < -0.39 is 29.9 Å². The number of carbonyl (C=O) groups excluding carboxylic acids is 2. The molecular weight excluding hydrogens is 559 g/mol. The number of aromatic nitrogens is 2. The third kappa shape index (κ3) is 3.03. The van der Waals surface area contributed by atoms with Gasteiger partial charge >= 0.3 is 0 Å². The van der Waals surface area contributed by atoms with Gasteiger partial charge in [0.1, 0.15) is 18.1 Å². The second-order valence-corrected chi connectivity index (χ2v) is 12.2. The number of ether oxygens (including phenoxy) is 2. The van der Waals surface area contributed by atoms with Gasteiger partial charge in [0.25, 0.3) is 11.8 Å². The number of nitrogens with zero attached hydrogens (tertiary/aromatic N) is 3. The number of nitrogens with one attached hydrogen (secondary N) is 1. The largest absolute Gasteiger partial charge is 0.374 e. The van der Waals surface area contributed by atoms with Crippen LogP contribution >= 0.6 is 0 Å². The lowest BCUT2D eigenvalue weighted by Gasteiger charge is -2.50. The molecule has 1 fully saturated rings. The Hall–Kier alpha value is -4.73. The van der Waals surface area contributed by atoms with Gasteiger partial charge in [-0.05, 0) is 48.9 Å². The highest BCUT2D eigenvalue weighted by Gasteiger charge is 2.55. The topological polar surface area (TPSA) is 77.7 Å². The average Bonchev–Trinajstić information content (AvgIpc) is 3.68. The van der Waals surface area contributed by atoms with Crippen molar-refractivity contribution in [1.82, 2.24) is 19.4 Å². The molecule has 3 aliphatic rings. The zero-order valence-electron chi connectivity index (χ0n) is 24.4. The predicted molar refractivity (Wildman–Crippen MR) is 167 cm³/mol. The van der Waals surface area contributed by atoms with E-state index in [1.807, 2.05) is 31.2 Å². The highest BCUT2D eigenvalue weighted by atomic mass is 19.1. The minimum Gasteiger partial charge on any atom is -0.374 e. The Bertz CT molecular complexity index is 2240. The number of carbonyl (C=O) groups is 2. The van der Waals surface area contributed by atoms with Crippen LogP contribution in [0.4, 0.5) is 4.39 Å². The summed E-state index contributed by atoms with van der Waals surface area (Å²) in [5, 5.41) is 7.08. The zero-order valence-corrected chi connectivity index (χ0v) is 24.4. The van der Waals surface area contributed by atoms with Gasteiger partial charge in [-0.25, -0.2) is 4.39 Å². The Morgan fingerprint density at radius 2 is 1.70 bits per heavy atom. The van der Waals surface area contributed by atoms with Crippen molar-refractivity contribution in [2.75, 3.05) is 14.2 Å². The van der Waals surface area contributed by atoms with Gasteiger partial charge in [-0.2, -0.15) is 0 Å². The summed E-state index contributed by atoms with van der Waals surface area (Å²) < 4.78 is 31.7. The molecule has 222 valence electrons. The first-order valence-electron chi connectivity index (χ1n) is 14.9. The molecule has 44 heavy (non-hydrogen) atoms. The monoisotopic (exact) mass is 590 g/mol. The molecule has 1 N–H and O–H groups in total. The SMILES string of the molecule is CO[C@@H]1[C@H](N(C)C(=O)c2ccc(F)cc2)C[C@H]2O[C@]1(C)n1c3ccccc3c3c4c(c5c6ccccc6n2c5c31)C(=O)NC4.[HH]. The van der Waals surface area contributed by atoms with Crippen molar-refractivity contribution in [1.29, 1.82) is 0 Å². The molecule has 0 unspecified atom stereocenters. The summed E-state index contributed by atoms with van der Waals surface area (Å²) in [6.45, 7) is 2.49.